The van der Waals surface area contributed by atoms with Gasteiger partial charge in [0.2, 0.25) is 11.1 Å². The highest BCUT2D eigenvalue weighted by molar-refractivity contribution is 8.00. The summed E-state index contributed by atoms with van der Waals surface area (Å²) in [4.78, 5) is 12.2. The number of amides is 1. The van der Waals surface area contributed by atoms with E-state index in [0.29, 0.717) is 23.4 Å². The molecule has 0 bridgehead atoms. The van der Waals surface area contributed by atoms with Crippen LogP contribution in [0, 0.1) is 12.8 Å². The molecule has 1 N–H and O–H groups in total. The number of carbonyl (C=O) groups is 1. The highest BCUT2D eigenvalue weighted by atomic mass is 32.2. The van der Waals surface area contributed by atoms with Gasteiger partial charge < -0.3 is 10.1 Å². The van der Waals surface area contributed by atoms with Crippen molar-refractivity contribution in [1.29, 1.82) is 0 Å². The second kappa shape index (κ2) is 8.14. The SMILES string of the molecule is COc1ccc(C)cc1-n1nnnc1S[C@H](C)C(=O)NCC(C)C. The normalized spacial score (nSPS) is 12.2. The molecule has 0 aliphatic rings. The van der Waals surface area contributed by atoms with Crippen molar-refractivity contribution >= 4 is 17.7 Å². The van der Waals surface area contributed by atoms with Gasteiger partial charge in [-0.3, -0.25) is 4.79 Å². The van der Waals surface area contributed by atoms with Crippen LogP contribution in [-0.2, 0) is 4.79 Å². The Morgan fingerprint density at radius 3 is 2.79 bits per heavy atom. The monoisotopic (exact) mass is 349 g/mol. The summed E-state index contributed by atoms with van der Waals surface area (Å²) in [6.07, 6.45) is 0. The van der Waals surface area contributed by atoms with Crippen molar-refractivity contribution in [1.82, 2.24) is 25.5 Å². The number of nitrogens with one attached hydrogen (secondary N) is 1. The van der Waals surface area contributed by atoms with Gasteiger partial charge in [0.05, 0.1) is 12.4 Å². The van der Waals surface area contributed by atoms with E-state index < -0.39 is 0 Å². The highest BCUT2D eigenvalue weighted by Gasteiger charge is 2.20. The van der Waals surface area contributed by atoms with Crippen LogP contribution in [0.4, 0.5) is 0 Å². The van der Waals surface area contributed by atoms with E-state index in [1.165, 1.54) is 11.8 Å². The van der Waals surface area contributed by atoms with Crippen molar-refractivity contribution in [3.63, 3.8) is 0 Å². The Kier molecular flexibility index (Phi) is 6.19. The van der Waals surface area contributed by atoms with Gasteiger partial charge in [-0.15, -0.1) is 5.10 Å². The maximum absolute atomic E-state index is 12.2. The minimum atomic E-state index is -0.302. The van der Waals surface area contributed by atoms with Crippen LogP contribution in [0.15, 0.2) is 23.4 Å². The maximum atomic E-state index is 12.2. The molecule has 8 heteroatoms. The summed E-state index contributed by atoms with van der Waals surface area (Å²) >= 11 is 1.32. The molecule has 1 amide bonds. The van der Waals surface area contributed by atoms with Gasteiger partial charge in [-0.1, -0.05) is 31.7 Å². The third-order valence-corrected chi connectivity index (χ3v) is 4.37. The number of hydrogen-bond donors (Lipinski definition) is 1. The number of methoxy groups -OCH3 is 1. The van der Waals surface area contributed by atoms with E-state index in [0.717, 1.165) is 11.3 Å². The first-order chi connectivity index (χ1) is 11.4. The van der Waals surface area contributed by atoms with Crippen LogP contribution < -0.4 is 10.1 Å². The van der Waals surface area contributed by atoms with Crippen LogP contribution in [-0.4, -0.2) is 45.0 Å². The predicted octanol–water partition coefficient (Wildman–Crippen LogP) is 2.23. The molecular weight excluding hydrogens is 326 g/mol. The van der Waals surface area contributed by atoms with Crippen LogP contribution in [0.1, 0.15) is 26.3 Å². The maximum Gasteiger partial charge on any atom is 0.233 e. The lowest BCUT2D eigenvalue weighted by Crippen LogP contribution is -2.33. The fourth-order valence-corrected chi connectivity index (χ4v) is 2.85. The van der Waals surface area contributed by atoms with E-state index in [1.54, 1.807) is 11.8 Å². The molecule has 130 valence electrons. The predicted molar refractivity (Wildman–Crippen MR) is 93.6 cm³/mol. The summed E-state index contributed by atoms with van der Waals surface area (Å²) < 4.78 is 6.99. The summed E-state index contributed by atoms with van der Waals surface area (Å²) in [6, 6.07) is 5.78. The lowest BCUT2D eigenvalue weighted by atomic mass is 10.2. The second-order valence-corrected chi connectivity index (χ2v) is 7.26. The van der Waals surface area contributed by atoms with Crippen LogP contribution in [0.25, 0.3) is 5.69 Å². The zero-order valence-corrected chi connectivity index (χ0v) is 15.4. The Hall–Kier alpha value is -2.09. The molecule has 0 fully saturated rings. The minimum absolute atomic E-state index is 0.0283. The van der Waals surface area contributed by atoms with Crippen molar-refractivity contribution < 1.29 is 9.53 Å². The third-order valence-electron chi connectivity index (χ3n) is 3.34. The van der Waals surface area contributed by atoms with Crippen LogP contribution in [0.5, 0.6) is 5.75 Å². The number of tetrazole rings is 1. The molecule has 1 aromatic heterocycles. The largest absolute Gasteiger partial charge is 0.494 e. The summed E-state index contributed by atoms with van der Waals surface area (Å²) in [5.74, 6) is 1.05. The molecule has 0 spiro atoms. The van der Waals surface area contributed by atoms with Crippen molar-refractivity contribution in [3.05, 3.63) is 23.8 Å². The molecule has 0 saturated heterocycles. The number of ether oxygens (including phenoxy) is 1. The molecule has 7 nitrogen and oxygen atoms in total. The second-order valence-electron chi connectivity index (χ2n) is 5.95. The van der Waals surface area contributed by atoms with Crippen molar-refractivity contribution in [2.24, 2.45) is 5.92 Å². The fraction of sp³-hybridized carbons (Fsp3) is 0.500. The smallest absolute Gasteiger partial charge is 0.233 e. The van der Waals surface area contributed by atoms with E-state index >= 15 is 0 Å². The standard InChI is InChI=1S/C16H23N5O2S/c1-10(2)9-17-15(22)12(4)24-16-18-19-20-21(16)13-8-11(3)6-7-14(13)23-5/h6-8,10,12H,9H2,1-5H3,(H,17,22)/t12-/m1/s1. The Labute approximate surface area is 146 Å². The number of nitrogens with zero attached hydrogens (tertiary/aromatic N) is 4. The molecule has 1 atom stereocenters. The van der Waals surface area contributed by atoms with E-state index in [-0.39, 0.29) is 11.2 Å². The van der Waals surface area contributed by atoms with Gasteiger partial charge in [0, 0.05) is 6.54 Å². The van der Waals surface area contributed by atoms with Crippen molar-refractivity contribution in [2.45, 2.75) is 38.1 Å². The molecule has 1 heterocycles. The van der Waals surface area contributed by atoms with Crippen LogP contribution >= 0.6 is 11.8 Å². The number of carbonyl (C=O) groups excluding carboxylic acids is 1. The Morgan fingerprint density at radius 2 is 2.12 bits per heavy atom. The van der Waals surface area contributed by atoms with E-state index in [9.17, 15) is 4.79 Å². The molecule has 2 aromatic rings. The highest BCUT2D eigenvalue weighted by Crippen LogP contribution is 2.28. The van der Waals surface area contributed by atoms with Crippen molar-refractivity contribution in [3.8, 4) is 11.4 Å². The molecule has 24 heavy (non-hydrogen) atoms. The molecule has 1 aromatic carbocycles. The average molecular weight is 349 g/mol. The van der Waals surface area contributed by atoms with Crippen molar-refractivity contribution in [2.75, 3.05) is 13.7 Å². The summed E-state index contributed by atoms with van der Waals surface area (Å²) in [7, 11) is 1.60. The van der Waals surface area contributed by atoms with E-state index in [1.807, 2.05) is 32.0 Å². The van der Waals surface area contributed by atoms with Crippen LogP contribution in [0.2, 0.25) is 0 Å². The number of hydrogen-bond acceptors (Lipinski definition) is 6. The van der Waals surface area contributed by atoms with Gasteiger partial charge in [0.15, 0.2) is 0 Å². The third kappa shape index (κ3) is 4.47. The number of rotatable bonds is 7. The van der Waals surface area contributed by atoms with Gasteiger partial charge in [-0.2, -0.15) is 4.68 Å². The lowest BCUT2D eigenvalue weighted by Gasteiger charge is -2.14. The summed E-state index contributed by atoms with van der Waals surface area (Å²) in [5, 5.41) is 15.0. The first-order valence-electron chi connectivity index (χ1n) is 7.80. The van der Waals surface area contributed by atoms with Gasteiger partial charge in [0.1, 0.15) is 11.4 Å². The molecule has 0 radical (unpaired) electrons. The molecule has 0 aliphatic heterocycles. The van der Waals surface area contributed by atoms with Gasteiger partial charge in [0.25, 0.3) is 0 Å². The summed E-state index contributed by atoms with van der Waals surface area (Å²) in [5.41, 5.74) is 1.82. The summed E-state index contributed by atoms with van der Waals surface area (Å²) in [6.45, 7) is 8.60. The first kappa shape index (κ1) is 18.3. The molecule has 0 saturated carbocycles. The quantitative estimate of drug-likeness (QED) is 0.772. The lowest BCUT2D eigenvalue weighted by molar-refractivity contribution is -0.120. The number of benzene rings is 1. The van der Waals surface area contributed by atoms with Gasteiger partial charge >= 0.3 is 0 Å². The topological polar surface area (TPSA) is 81.9 Å². The zero-order valence-electron chi connectivity index (χ0n) is 14.6. The van der Waals surface area contributed by atoms with E-state index in [4.69, 9.17) is 4.74 Å². The van der Waals surface area contributed by atoms with Gasteiger partial charge in [-0.25, -0.2) is 0 Å². The number of aromatic nitrogens is 4. The minimum Gasteiger partial charge on any atom is -0.494 e. The Bertz CT molecular complexity index is 702. The Morgan fingerprint density at radius 1 is 1.38 bits per heavy atom. The fourth-order valence-electron chi connectivity index (χ4n) is 2.03. The molecule has 0 aliphatic carbocycles. The molecular formula is C16H23N5O2S. The van der Waals surface area contributed by atoms with Gasteiger partial charge in [-0.05, 0) is 47.9 Å². The zero-order chi connectivity index (χ0) is 17.7. The first-order valence-corrected chi connectivity index (χ1v) is 8.68. The molecule has 2 rings (SSSR count). The number of aryl methyl sites for hydroxylation is 1. The average Bonchev–Trinajstić information content (AvgIpc) is 3.00. The number of thioether (sulfide) groups is 1. The van der Waals surface area contributed by atoms with E-state index in [2.05, 4.69) is 34.7 Å². The Balaban J connectivity index is 2.19. The van der Waals surface area contributed by atoms with Crippen LogP contribution in [0.3, 0.4) is 0 Å². The molecule has 0 unspecified atom stereocenters.